The summed E-state index contributed by atoms with van der Waals surface area (Å²) in [5.41, 5.74) is 0.860. The number of rotatable bonds is 4. The highest BCUT2D eigenvalue weighted by atomic mass is 16.6. The highest BCUT2D eigenvalue weighted by molar-refractivity contribution is 5.72. The van der Waals surface area contributed by atoms with Crippen LogP contribution >= 0.6 is 0 Å². The lowest BCUT2D eigenvalue weighted by molar-refractivity contribution is -0.430. The lowest BCUT2D eigenvalue weighted by Crippen LogP contribution is -2.13. The van der Waals surface area contributed by atoms with Gasteiger partial charge in [-0.25, -0.2) is 0 Å². The summed E-state index contributed by atoms with van der Waals surface area (Å²) in [4.78, 5) is 21.5. The summed E-state index contributed by atoms with van der Waals surface area (Å²) >= 11 is 0. The Labute approximate surface area is 88.3 Å². The van der Waals surface area contributed by atoms with E-state index in [4.69, 9.17) is 4.74 Å². The second kappa shape index (κ2) is 5.48. The molecule has 0 heterocycles. The van der Waals surface area contributed by atoms with Crippen molar-refractivity contribution in [2.75, 3.05) is 6.61 Å². The van der Waals surface area contributed by atoms with Crippen LogP contribution in [0.4, 0.5) is 0 Å². The summed E-state index contributed by atoms with van der Waals surface area (Å²) in [5, 5.41) is 10.7. The Morgan fingerprint density at radius 3 is 2.73 bits per heavy atom. The number of nitro groups is 1. The molecule has 5 nitrogen and oxygen atoms in total. The number of carbonyl (C=O) groups is 1. The van der Waals surface area contributed by atoms with Gasteiger partial charge in [0.05, 0.1) is 18.0 Å². The molecule has 0 N–H and O–H groups in total. The number of esters is 1. The van der Waals surface area contributed by atoms with Gasteiger partial charge in [0.25, 0.3) is 0 Å². The third kappa shape index (κ3) is 3.34. The topological polar surface area (TPSA) is 69.4 Å². The predicted molar refractivity (Wildman–Crippen MR) is 53.7 cm³/mol. The number of hydrogen-bond donors (Lipinski definition) is 0. The molecule has 0 saturated heterocycles. The Kier molecular flexibility index (Phi) is 4.27. The minimum Gasteiger partial charge on any atom is -0.466 e. The van der Waals surface area contributed by atoms with Crippen molar-refractivity contribution in [3.63, 3.8) is 0 Å². The molecule has 84 valence electrons. The van der Waals surface area contributed by atoms with Gasteiger partial charge in [-0.05, 0) is 26.2 Å². The van der Waals surface area contributed by atoms with Gasteiger partial charge in [-0.1, -0.05) is 0 Å². The molecule has 0 fully saturated rings. The van der Waals surface area contributed by atoms with Crippen LogP contribution in [0.25, 0.3) is 0 Å². The molecule has 0 saturated carbocycles. The first-order valence-corrected chi connectivity index (χ1v) is 5.16. The van der Waals surface area contributed by atoms with E-state index in [0.717, 1.165) is 12.8 Å². The quantitative estimate of drug-likeness (QED) is 0.407. The average Bonchev–Trinajstić information content (AvgIpc) is 2.18. The number of allylic oxidation sites excluding steroid dienone is 1. The van der Waals surface area contributed by atoms with Gasteiger partial charge in [0.2, 0.25) is 5.70 Å². The van der Waals surface area contributed by atoms with Crippen LogP contribution in [-0.4, -0.2) is 17.5 Å². The van der Waals surface area contributed by atoms with Gasteiger partial charge in [-0.3, -0.25) is 14.9 Å². The number of nitrogens with zero attached hydrogens (tertiary/aromatic N) is 1. The van der Waals surface area contributed by atoms with E-state index >= 15 is 0 Å². The molecule has 0 atom stereocenters. The first-order chi connectivity index (χ1) is 7.15. The van der Waals surface area contributed by atoms with Crippen LogP contribution < -0.4 is 0 Å². The van der Waals surface area contributed by atoms with Crippen LogP contribution in [-0.2, 0) is 9.53 Å². The molecular weight excluding hydrogens is 198 g/mol. The van der Waals surface area contributed by atoms with Crippen molar-refractivity contribution in [1.82, 2.24) is 0 Å². The van der Waals surface area contributed by atoms with Gasteiger partial charge in [0.1, 0.15) is 0 Å². The standard InChI is InChI=1S/C10H15NO4/c1-2-15-10(12)7-8-5-3-4-6-9(8)11(13)14/h2-7H2,1H3. The summed E-state index contributed by atoms with van der Waals surface area (Å²) in [6.07, 6.45) is 2.95. The Morgan fingerprint density at radius 2 is 2.13 bits per heavy atom. The lowest BCUT2D eigenvalue weighted by atomic mass is 9.94. The van der Waals surface area contributed by atoms with Crippen molar-refractivity contribution < 1.29 is 14.5 Å². The minimum absolute atomic E-state index is 0.0736. The Morgan fingerprint density at radius 1 is 1.47 bits per heavy atom. The smallest absolute Gasteiger partial charge is 0.310 e. The van der Waals surface area contributed by atoms with E-state index in [2.05, 4.69) is 0 Å². The average molecular weight is 213 g/mol. The molecule has 0 aromatic rings. The zero-order chi connectivity index (χ0) is 11.3. The van der Waals surface area contributed by atoms with E-state index in [-0.39, 0.29) is 23.0 Å². The van der Waals surface area contributed by atoms with Crippen LogP contribution in [0.5, 0.6) is 0 Å². The van der Waals surface area contributed by atoms with E-state index in [1.54, 1.807) is 6.92 Å². The third-order valence-corrected chi connectivity index (χ3v) is 2.43. The van der Waals surface area contributed by atoms with Crippen molar-refractivity contribution in [3.05, 3.63) is 21.4 Å². The minimum atomic E-state index is -0.367. The largest absolute Gasteiger partial charge is 0.466 e. The van der Waals surface area contributed by atoms with Gasteiger partial charge in [-0.2, -0.15) is 0 Å². The molecule has 5 heteroatoms. The SMILES string of the molecule is CCOC(=O)CC1=C([N+](=O)[O-])CCCC1. The van der Waals surface area contributed by atoms with E-state index in [1.807, 2.05) is 0 Å². The van der Waals surface area contributed by atoms with E-state index < -0.39 is 0 Å². The molecule has 0 unspecified atom stereocenters. The second-order valence-corrected chi connectivity index (χ2v) is 3.50. The van der Waals surface area contributed by atoms with Gasteiger partial charge in [-0.15, -0.1) is 0 Å². The molecular formula is C10H15NO4. The first-order valence-electron chi connectivity index (χ1n) is 5.16. The van der Waals surface area contributed by atoms with Crippen molar-refractivity contribution >= 4 is 5.97 Å². The molecule has 0 spiro atoms. The molecule has 1 aliphatic carbocycles. The van der Waals surface area contributed by atoms with E-state index in [1.165, 1.54) is 0 Å². The summed E-state index contributed by atoms with van der Waals surface area (Å²) in [5.74, 6) is -0.367. The maximum absolute atomic E-state index is 11.2. The van der Waals surface area contributed by atoms with Crippen molar-refractivity contribution in [2.24, 2.45) is 0 Å². The predicted octanol–water partition coefficient (Wildman–Crippen LogP) is 2.04. The molecule has 1 aliphatic rings. The zero-order valence-electron chi connectivity index (χ0n) is 8.82. The Balaban J connectivity index is 2.70. The van der Waals surface area contributed by atoms with Crippen LogP contribution in [0.15, 0.2) is 11.3 Å². The zero-order valence-corrected chi connectivity index (χ0v) is 8.82. The van der Waals surface area contributed by atoms with Crippen LogP contribution in [0.2, 0.25) is 0 Å². The fraction of sp³-hybridized carbons (Fsp3) is 0.700. The molecule has 0 amide bonds. The molecule has 15 heavy (non-hydrogen) atoms. The molecule has 0 aromatic heterocycles. The van der Waals surface area contributed by atoms with Gasteiger partial charge in [0.15, 0.2) is 0 Å². The van der Waals surface area contributed by atoms with Crippen molar-refractivity contribution in [2.45, 2.75) is 39.0 Å². The first kappa shape index (κ1) is 11.7. The number of hydrogen-bond acceptors (Lipinski definition) is 4. The van der Waals surface area contributed by atoms with E-state index in [9.17, 15) is 14.9 Å². The van der Waals surface area contributed by atoms with E-state index in [0.29, 0.717) is 25.0 Å². The van der Waals surface area contributed by atoms with Crippen LogP contribution in [0.3, 0.4) is 0 Å². The Bertz CT molecular complexity index is 296. The maximum Gasteiger partial charge on any atom is 0.310 e. The third-order valence-electron chi connectivity index (χ3n) is 2.43. The van der Waals surface area contributed by atoms with Crippen molar-refractivity contribution in [1.29, 1.82) is 0 Å². The fourth-order valence-corrected chi connectivity index (χ4v) is 1.75. The number of carbonyl (C=O) groups excluding carboxylic acids is 1. The Hall–Kier alpha value is -1.39. The molecule has 0 bridgehead atoms. The highest BCUT2D eigenvalue weighted by Crippen LogP contribution is 2.27. The lowest BCUT2D eigenvalue weighted by Gasteiger charge is -2.13. The molecule has 0 aliphatic heterocycles. The number of ether oxygens (including phenoxy) is 1. The molecule has 0 aromatic carbocycles. The summed E-state index contributed by atoms with van der Waals surface area (Å²) < 4.78 is 4.78. The van der Waals surface area contributed by atoms with Gasteiger partial charge >= 0.3 is 5.97 Å². The van der Waals surface area contributed by atoms with Crippen molar-refractivity contribution in [3.8, 4) is 0 Å². The summed E-state index contributed by atoms with van der Waals surface area (Å²) in [7, 11) is 0. The highest BCUT2D eigenvalue weighted by Gasteiger charge is 2.24. The van der Waals surface area contributed by atoms with Crippen LogP contribution in [0, 0.1) is 10.1 Å². The van der Waals surface area contributed by atoms with Crippen LogP contribution in [0.1, 0.15) is 39.0 Å². The summed E-state index contributed by atoms with van der Waals surface area (Å²) in [6.45, 7) is 2.04. The summed E-state index contributed by atoms with van der Waals surface area (Å²) in [6, 6.07) is 0. The fourth-order valence-electron chi connectivity index (χ4n) is 1.75. The maximum atomic E-state index is 11.2. The second-order valence-electron chi connectivity index (χ2n) is 3.50. The van der Waals surface area contributed by atoms with Gasteiger partial charge < -0.3 is 4.74 Å². The monoisotopic (exact) mass is 213 g/mol. The molecule has 1 rings (SSSR count). The normalized spacial score (nSPS) is 16.3. The molecule has 0 radical (unpaired) electrons. The van der Waals surface area contributed by atoms with Gasteiger partial charge in [0, 0.05) is 12.0 Å².